The van der Waals surface area contributed by atoms with Gasteiger partial charge in [0.25, 0.3) is 0 Å². The number of benzene rings is 1. The van der Waals surface area contributed by atoms with Crippen molar-refractivity contribution in [2.45, 2.75) is 38.8 Å². The van der Waals surface area contributed by atoms with Gasteiger partial charge in [0.1, 0.15) is 0 Å². The zero-order valence-corrected chi connectivity index (χ0v) is 10.1. The van der Waals surface area contributed by atoms with Gasteiger partial charge < -0.3 is 4.74 Å². The second-order valence-electron chi connectivity index (χ2n) is 3.86. The topological polar surface area (TPSA) is 47.3 Å². The van der Waals surface area contributed by atoms with E-state index in [0.29, 0.717) is 0 Å². The fourth-order valence-electron chi connectivity index (χ4n) is 1.90. The number of hydrogen-bond acceptors (Lipinski definition) is 3. The van der Waals surface area contributed by atoms with Crippen LogP contribution in [0.4, 0.5) is 0 Å². The first-order valence-electron chi connectivity index (χ1n) is 5.93. The second kappa shape index (κ2) is 7.39. The number of rotatable bonds is 7. The highest BCUT2D eigenvalue weighted by molar-refractivity contribution is 5.16. The molecule has 0 amide bonds. The Kier molecular flexibility index (Phi) is 6.08. The minimum atomic E-state index is 0.173. The van der Waals surface area contributed by atoms with Gasteiger partial charge in [-0.1, -0.05) is 37.3 Å². The van der Waals surface area contributed by atoms with Crippen molar-refractivity contribution in [1.29, 1.82) is 0 Å². The van der Waals surface area contributed by atoms with Crippen LogP contribution < -0.4 is 11.3 Å². The lowest BCUT2D eigenvalue weighted by atomic mass is 10.0. The maximum absolute atomic E-state index is 5.67. The molecule has 0 bridgehead atoms. The van der Waals surface area contributed by atoms with Crippen LogP contribution in [0.25, 0.3) is 0 Å². The standard InChI is InChI=1S/C13H22N2O/c1-3-13(16-4-2)12(15-14)10-11-8-6-5-7-9-11/h5-9,12-13,15H,3-4,10,14H2,1-2H3. The van der Waals surface area contributed by atoms with Crippen LogP contribution in [0.5, 0.6) is 0 Å². The third-order valence-corrected chi connectivity index (χ3v) is 2.74. The van der Waals surface area contributed by atoms with Gasteiger partial charge in [-0.3, -0.25) is 11.3 Å². The third kappa shape index (κ3) is 3.93. The lowest BCUT2D eigenvalue weighted by Crippen LogP contribution is -2.46. The van der Waals surface area contributed by atoms with Gasteiger partial charge in [0, 0.05) is 6.61 Å². The molecule has 0 fully saturated rings. The molecule has 0 heterocycles. The van der Waals surface area contributed by atoms with E-state index in [0.717, 1.165) is 19.4 Å². The van der Waals surface area contributed by atoms with Crippen molar-refractivity contribution >= 4 is 0 Å². The molecule has 0 radical (unpaired) electrons. The Bertz CT molecular complexity index is 277. The molecule has 0 aliphatic rings. The minimum absolute atomic E-state index is 0.173. The molecule has 2 atom stereocenters. The van der Waals surface area contributed by atoms with E-state index in [2.05, 4.69) is 24.5 Å². The molecule has 0 saturated carbocycles. The number of nitrogens with two attached hydrogens (primary N) is 1. The number of hydrazine groups is 1. The van der Waals surface area contributed by atoms with Crippen molar-refractivity contribution in [1.82, 2.24) is 5.43 Å². The van der Waals surface area contributed by atoms with Gasteiger partial charge in [0.15, 0.2) is 0 Å². The summed E-state index contributed by atoms with van der Waals surface area (Å²) in [5, 5.41) is 0. The Morgan fingerprint density at radius 1 is 1.25 bits per heavy atom. The SMILES string of the molecule is CCOC(CC)C(Cc1ccccc1)NN. The van der Waals surface area contributed by atoms with Crippen molar-refractivity contribution in [2.24, 2.45) is 5.84 Å². The van der Waals surface area contributed by atoms with Crippen LogP contribution in [0, 0.1) is 0 Å². The summed E-state index contributed by atoms with van der Waals surface area (Å²) in [5.41, 5.74) is 4.14. The van der Waals surface area contributed by atoms with Gasteiger partial charge in [-0.15, -0.1) is 0 Å². The van der Waals surface area contributed by atoms with E-state index in [9.17, 15) is 0 Å². The highest BCUT2D eigenvalue weighted by Gasteiger charge is 2.19. The predicted octanol–water partition coefficient (Wildman–Crippen LogP) is 1.88. The van der Waals surface area contributed by atoms with Gasteiger partial charge in [0.05, 0.1) is 12.1 Å². The van der Waals surface area contributed by atoms with E-state index in [-0.39, 0.29) is 12.1 Å². The Morgan fingerprint density at radius 2 is 1.94 bits per heavy atom. The molecule has 0 saturated heterocycles. The fourth-order valence-corrected chi connectivity index (χ4v) is 1.90. The Hall–Kier alpha value is -0.900. The predicted molar refractivity (Wildman–Crippen MR) is 67.0 cm³/mol. The average Bonchev–Trinajstić information content (AvgIpc) is 2.35. The second-order valence-corrected chi connectivity index (χ2v) is 3.86. The molecule has 1 aromatic rings. The maximum Gasteiger partial charge on any atom is 0.0741 e. The highest BCUT2D eigenvalue weighted by Crippen LogP contribution is 2.10. The summed E-state index contributed by atoms with van der Waals surface area (Å²) >= 11 is 0. The van der Waals surface area contributed by atoms with Gasteiger partial charge in [-0.2, -0.15) is 0 Å². The van der Waals surface area contributed by atoms with E-state index >= 15 is 0 Å². The van der Waals surface area contributed by atoms with E-state index in [1.54, 1.807) is 0 Å². The van der Waals surface area contributed by atoms with E-state index in [4.69, 9.17) is 10.6 Å². The lowest BCUT2D eigenvalue weighted by Gasteiger charge is -2.25. The van der Waals surface area contributed by atoms with Crippen molar-refractivity contribution in [2.75, 3.05) is 6.61 Å². The van der Waals surface area contributed by atoms with Crippen LogP contribution in [-0.2, 0) is 11.2 Å². The van der Waals surface area contributed by atoms with Gasteiger partial charge in [0.2, 0.25) is 0 Å². The summed E-state index contributed by atoms with van der Waals surface area (Å²) in [5.74, 6) is 5.60. The minimum Gasteiger partial charge on any atom is -0.377 e. The highest BCUT2D eigenvalue weighted by atomic mass is 16.5. The lowest BCUT2D eigenvalue weighted by molar-refractivity contribution is 0.0319. The van der Waals surface area contributed by atoms with Crippen LogP contribution >= 0.6 is 0 Å². The van der Waals surface area contributed by atoms with Crippen molar-refractivity contribution in [3.8, 4) is 0 Å². The molecular weight excluding hydrogens is 200 g/mol. The molecule has 0 spiro atoms. The third-order valence-electron chi connectivity index (χ3n) is 2.74. The van der Waals surface area contributed by atoms with Gasteiger partial charge in [-0.25, -0.2) is 0 Å². The molecule has 3 heteroatoms. The monoisotopic (exact) mass is 222 g/mol. The van der Waals surface area contributed by atoms with E-state index < -0.39 is 0 Å². The fraction of sp³-hybridized carbons (Fsp3) is 0.538. The molecule has 0 aliphatic heterocycles. The molecule has 90 valence electrons. The maximum atomic E-state index is 5.67. The molecule has 3 nitrogen and oxygen atoms in total. The largest absolute Gasteiger partial charge is 0.377 e. The molecule has 1 aromatic carbocycles. The number of ether oxygens (including phenoxy) is 1. The Morgan fingerprint density at radius 3 is 2.44 bits per heavy atom. The zero-order valence-electron chi connectivity index (χ0n) is 10.1. The van der Waals surface area contributed by atoms with Crippen LogP contribution in [0.1, 0.15) is 25.8 Å². The van der Waals surface area contributed by atoms with Crippen LogP contribution in [0.3, 0.4) is 0 Å². The zero-order chi connectivity index (χ0) is 11.8. The van der Waals surface area contributed by atoms with Crippen LogP contribution in [-0.4, -0.2) is 18.8 Å². The molecule has 16 heavy (non-hydrogen) atoms. The van der Waals surface area contributed by atoms with Crippen molar-refractivity contribution < 1.29 is 4.74 Å². The van der Waals surface area contributed by atoms with E-state index in [1.807, 2.05) is 25.1 Å². The molecule has 3 N–H and O–H groups in total. The van der Waals surface area contributed by atoms with Gasteiger partial charge >= 0.3 is 0 Å². The first-order chi connectivity index (χ1) is 7.81. The summed E-state index contributed by atoms with van der Waals surface area (Å²) in [6, 6.07) is 10.5. The molecule has 0 aliphatic carbocycles. The Balaban J connectivity index is 2.60. The summed E-state index contributed by atoms with van der Waals surface area (Å²) in [6.07, 6.45) is 2.04. The van der Waals surface area contributed by atoms with Crippen LogP contribution in [0.2, 0.25) is 0 Å². The van der Waals surface area contributed by atoms with E-state index in [1.165, 1.54) is 5.56 Å². The first-order valence-corrected chi connectivity index (χ1v) is 5.93. The van der Waals surface area contributed by atoms with Crippen molar-refractivity contribution in [3.63, 3.8) is 0 Å². The summed E-state index contributed by atoms with van der Waals surface area (Å²) in [4.78, 5) is 0. The number of nitrogens with one attached hydrogen (secondary N) is 1. The Labute approximate surface area is 98.0 Å². The molecular formula is C13H22N2O. The number of hydrogen-bond donors (Lipinski definition) is 2. The molecule has 1 rings (SSSR count). The van der Waals surface area contributed by atoms with Gasteiger partial charge in [-0.05, 0) is 25.3 Å². The average molecular weight is 222 g/mol. The van der Waals surface area contributed by atoms with Crippen molar-refractivity contribution in [3.05, 3.63) is 35.9 Å². The summed E-state index contributed by atoms with van der Waals surface area (Å²) < 4.78 is 5.67. The summed E-state index contributed by atoms with van der Waals surface area (Å²) in [7, 11) is 0. The summed E-state index contributed by atoms with van der Waals surface area (Å²) in [6.45, 7) is 4.86. The molecule has 0 aromatic heterocycles. The quantitative estimate of drug-likeness (QED) is 0.547. The van der Waals surface area contributed by atoms with Crippen LogP contribution in [0.15, 0.2) is 30.3 Å². The normalized spacial score (nSPS) is 14.7. The smallest absolute Gasteiger partial charge is 0.0741 e. The molecule has 2 unspecified atom stereocenters. The first kappa shape index (κ1) is 13.2.